The number of carbonyl (C=O) groups excluding carboxylic acids is 2. The topological polar surface area (TPSA) is 87.2 Å². The molecule has 2 N–H and O–H groups in total. The second-order valence-corrected chi connectivity index (χ2v) is 6.58. The molecular formula is C14H23N5O2S. The van der Waals surface area contributed by atoms with Gasteiger partial charge >= 0.3 is 6.03 Å². The van der Waals surface area contributed by atoms with Crippen LogP contribution in [0.2, 0.25) is 0 Å². The molecule has 122 valence electrons. The van der Waals surface area contributed by atoms with E-state index in [-0.39, 0.29) is 18.0 Å². The number of nitrogens with one attached hydrogen (secondary N) is 2. The van der Waals surface area contributed by atoms with Crippen LogP contribution >= 0.6 is 11.3 Å². The van der Waals surface area contributed by atoms with Gasteiger partial charge in [-0.15, -0.1) is 10.2 Å². The minimum absolute atomic E-state index is 0.0338. The molecule has 1 aromatic heterocycles. The van der Waals surface area contributed by atoms with Gasteiger partial charge in [0.05, 0.1) is 0 Å². The lowest BCUT2D eigenvalue weighted by atomic mass is 10.1. The first-order valence-electron chi connectivity index (χ1n) is 7.74. The fourth-order valence-electron chi connectivity index (χ4n) is 2.47. The molecule has 0 bridgehead atoms. The fourth-order valence-corrected chi connectivity index (χ4v) is 3.24. The van der Waals surface area contributed by atoms with E-state index in [1.807, 2.05) is 0 Å². The van der Waals surface area contributed by atoms with Crippen molar-refractivity contribution in [3.8, 4) is 0 Å². The molecular weight excluding hydrogens is 302 g/mol. The van der Waals surface area contributed by atoms with Crippen molar-refractivity contribution in [3.63, 3.8) is 0 Å². The highest BCUT2D eigenvalue weighted by atomic mass is 32.1. The van der Waals surface area contributed by atoms with E-state index >= 15 is 0 Å². The highest BCUT2D eigenvalue weighted by Crippen LogP contribution is 2.18. The zero-order valence-electron chi connectivity index (χ0n) is 13.1. The van der Waals surface area contributed by atoms with Gasteiger partial charge in [-0.25, -0.2) is 4.79 Å². The molecule has 7 nitrogen and oxygen atoms in total. The quantitative estimate of drug-likeness (QED) is 0.867. The standard InChI is InChI=1S/C14H23N5O2S/c1-3-4-7-12-17-18-13(22-12)16-14(21)19-8-5-6-11(9-19)15-10(2)20/h11H,3-9H2,1-2H3,(H,15,20)(H,16,18,21)/t11-/m1/s1. The van der Waals surface area contributed by atoms with Crippen LogP contribution in [0.4, 0.5) is 9.93 Å². The summed E-state index contributed by atoms with van der Waals surface area (Å²) in [6, 6.07) is -0.139. The number of amides is 3. The number of anilines is 1. The maximum absolute atomic E-state index is 12.3. The lowest BCUT2D eigenvalue weighted by Gasteiger charge is -2.32. The van der Waals surface area contributed by atoms with Gasteiger partial charge in [0.25, 0.3) is 0 Å². The van der Waals surface area contributed by atoms with E-state index in [9.17, 15) is 9.59 Å². The average Bonchev–Trinajstić information content (AvgIpc) is 2.92. The normalized spacial score (nSPS) is 18.1. The monoisotopic (exact) mass is 325 g/mol. The molecule has 1 aliphatic heterocycles. The number of carbonyl (C=O) groups is 2. The van der Waals surface area contributed by atoms with Crippen LogP contribution in [0.5, 0.6) is 0 Å². The molecule has 0 aromatic carbocycles. The molecule has 3 amide bonds. The van der Waals surface area contributed by atoms with E-state index in [4.69, 9.17) is 0 Å². The first-order valence-corrected chi connectivity index (χ1v) is 8.55. The first-order chi connectivity index (χ1) is 10.6. The third kappa shape index (κ3) is 4.94. The number of hydrogen-bond donors (Lipinski definition) is 2. The van der Waals surface area contributed by atoms with Gasteiger partial charge in [0.15, 0.2) is 0 Å². The van der Waals surface area contributed by atoms with Crippen molar-refractivity contribution in [2.24, 2.45) is 0 Å². The third-order valence-corrected chi connectivity index (χ3v) is 4.44. The van der Waals surface area contributed by atoms with Crippen LogP contribution in [0.25, 0.3) is 0 Å². The number of urea groups is 1. The van der Waals surface area contributed by atoms with Crippen LogP contribution in [0.15, 0.2) is 0 Å². The first kappa shape index (κ1) is 16.7. The summed E-state index contributed by atoms with van der Waals surface area (Å²) >= 11 is 1.43. The Morgan fingerprint density at radius 3 is 2.95 bits per heavy atom. The molecule has 2 heterocycles. The molecule has 22 heavy (non-hydrogen) atoms. The Morgan fingerprint density at radius 2 is 2.23 bits per heavy atom. The largest absolute Gasteiger partial charge is 0.352 e. The number of aryl methyl sites for hydroxylation is 1. The number of aromatic nitrogens is 2. The molecule has 1 aromatic rings. The number of nitrogens with zero attached hydrogens (tertiary/aromatic N) is 3. The Bertz CT molecular complexity index is 519. The highest BCUT2D eigenvalue weighted by molar-refractivity contribution is 7.15. The van der Waals surface area contributed by atoms with Gasteiger partial charge in [0.1, 0.15) is 5.01 Å². The van der Waals surface area contributed by atoms with Gasteiger partial charge in [-0.1, -0.05) is 24.7 Å². The van der Waals surface area contributed by atoms with Crippen molar-refractivity contribution in [1.29, 1.82) is 0 Å². The van der Waals surface area contributed by atoms with E-state index in [0.717, 1.165) is 37.1 Å². The van der Waals surface area contributed by atoms with E-state index in [1.165, 1.54) is 18.3 Å². The lowest BCUT2D eigenvalue weighted by Crippen LogP contribution is -2.50. The smallest absolute Gasteiger partial charge is 0.323 e. The second kappa shape index (κ2) is 8.07. The fraction of sp³-hybridized carbons (Fsp3) is 0.714. The van der Waals surface area contributed by atoms with Gasteiger partial charge in [-0.3, -0.25) is 10.1 Å². The maximum atomic E-state index is 12.3. The molecule has 0 spiro atoms. The predicted molar refractivity (Wildman–Crippen MR) is 86.0 cm³/mol. The summed E-state index contributed by atoms with van der Waals surface area (Å²) in [5, 5.41) is 15.3. The van der Waals surface area contributed by atoms with E-state index < -0.39 is 0 Å². The molecule has 1 aliphatic rings. The molecule has 0 unspecified atom stereocenters. The molecule has 0 radical (unpaired) electrons. The Hall–Kier alpha value is -1.70. The van der Waals surface area contributed by atoms with Gasteiger partial charge in [0.2, 0.25) is 11.0 Å². The molecule has 1 fully saturated rings. The molecule has 8 heteroatoms. The minimum Gasteiger partial charge on any atom is -0.352 e. The molecule has 2 rings (SSSR count). The molecule has 1 atom stereocenters. The summed E-state index contributed by atoms with van der Waals surface area (Å²) in [5.41, 5.74) is 0. The number of likely N-dealkylation sites (tertiary alicyclic amines) is 1. The Balaban J connectivity index is 1.85. The van der Waals surface area contributed by atoms with Crippen molar-refractivity contribution < 1.29 is 9.59 Å². The summed E-state index contributed by atoms with van der Waals surface area (Å²) in [4.78, 5) is 25.1. The third-order valence-electron chi connectivity index (χ3n) is 3.54. The zero-order chi connectivity index (χ0) is 15.9. The van der Waals surface area contributed by atoms with Crippen molar-refractivity contribution in [3.05, 3.63) is 5.01 Å². The minimum atomic E-state index is -0.173. The Labute approximate surface area is 134 Å². The van der Waals surface area contributed by atoms with Crippen LogP contribution in [0, 0.1) is 0 Å². The van der Waals surface area contributed by atoms with Crippen LogP contribution < -0.4 is 10.6 Å². The SMILES string of the molecule is CCCCc1nnc(NC(=O)N2CCC[C@@H](NC(C)=O)C2)s1. The summed E-state index contributed by atoms with van der Waals surface area (Å²) in [7, 11) is 0. The van der Waals surface area contributed by atoms with Crippen LogP contribution in [0.1, 0.15) is 44.5 Å². The average molecular weight is 325 g/mol. The molecule has 1 saturated heterocycles. The number of unbranched alkanes of at least 4 members (excludes halogenated alkanes) is 1. The van der Waals surface area contributed by atoms with E-state index in [0.29, 0.717) is 18.2 Å². The molecule has 0 saturated carbocycles. The number of rotatable bonds is 5. The van der Waals surface area contributed by atoms with Crippen molar-refractivity contribution in [2.45, 2.75) is 52.0 Å². The second-order valence-electron chi connectivity index (χ2n) is 5.52. The van der Waals surface area contributed by atoms with E-state index in [1.54, 1.807) is 4.90 Å². The van der Waals surface area contributed by atoms with Gasteiger partial charge < -0.3 is 10.2 Å². The summed E-state index contributed by atoms with van der Waals surface area (Å²) in [5.74, 6) is -0.0584. The van der Waals surface area contributed by atoms with Gasteiger partial charge in [0, 0.05) is 32.5 Å². The van der Waals surface area contributed by atoms with E-state index in [2.05, 4.69) is 27.8 Å². The number of hydrogen-bond acceptors (Lipinski definition) is 5. The Morgan fingerprint density at radius 1 is 1.41 bits per heavy atom. The van der Waals surface area contributed by atoms with Crippen LogP contribution in [-0.2, 0) is 11.2 Å². The Kier molecular flexibility index (Phi) is 6.11. The molecule has 0 aliphatic carbocycles. The van der Waals surface area contributed by atoms with Crippen molar-refractivity contribution in [2.75, 3.05) is 18.4 Å². The summed E-state index contributed by atoms with van der Waals surface area (Å²) < 4.78 is 0. The zero-order valence-corrected chi connectivity index (χ0v) is 13.9. The summed E-state index contributed by atoms with van der Waals surface area (Å²) in [6.45, 7) is 4.86. The van der Waals surface area contributed by atoms with Crippen LogP contribution in [-0.4, -0.2) is 46.2 Å². The maximum Gasteiger partial charge on any atom is 0.323 e. The summed E-state index contributed by atoms with van der Waals surface area (Å²) in [6.07, 6.45) is 4.88. The van der Waals surface area contributed by atoms with Crippen molar-refractivity contribution in [1.82, 2.24) is 20.4 Å². The van der Waals surface area contributed by atoms with Gasteiger partial charge in [-0.05, 0) is 19.3 Å². The predicted octanol–water partition coefficient (Wildman–Crippen LogP) is 2.01. The lowest BCUT2D eigenvalue weighted by molar-refractivity contribution is -0.119. The highest BCUT2D eigenvalue weighted by Gasteiger charge is 2.24. The van der Waals surface area contributed by atoms with Crippen molar-refractivity contribution >= 4 is 28.4 Å². The van der Waals surface area contributed by atoms with Gasteiger partial charge in [-0.2, -0.15) is 0 Å². The van der Waals surface area contributed by atoms with Crippen LogP contribution in [0.3, 0.4) is 0 Å². The number of piperidine rings is 1.